The van der Waals surface area contributed by atoms with Gasteiger partial charge in [0.05, 0.1) is 11.0 Å². The van der Waals surface area contributed by atoms with Crippen LogP contribution in [0.1, 0.15) is 38.2 Å². The zero-order chi connectivity index (χ0) is 13.4. The normalized spacial score (nSPS) is 25.4. The zero-order valence-corrected chi connectivity index (χ0v) is 11.6. The Morgan fingerprint density at radius 2 is 2.28 bits per heavy atom. The lowest BCUT2D eigenvalue weighted by Crippen LogP contribution is -2.26. The van der Waals surface area contributed by atoms with Crippen molar-refractivity contribution >= 4 is 22.0 Å². The Kier molecular flexibility index (Phi) is 3.59. The van der Waals surface area contributed by atoms with Crippen molar-refractivity contribution in [2.24, 2.45) is 5.92 Å². The highest BCUT2D eigenvalue weighted by molar-refractivity contribution is 7.16. The van der Waals surface area contributed by atoms with Gasteiger partial charge in [-0.05, 0) is 26.2 Å². The molecule has 1 aliphatic heterocycles. The van der Waals surface area contributed by atoms with E-state index in [1.807, 2.05) is 0 Å². The first-order valence-corrected chi connectivity index (χ1v) is 6.94. The maximum atomic E-state index is 11.1. The molecular formula is C12H18N2O3S. The molecule has 18 heavy (non-hydrogen) atoms. The second-order valence-electron chi connectivity index (χ2n) is 5.11. The topological polar surface area (TPSA) is 66.6 Å². The van der Waals surface area contributed by atoms with Crippen LogP contribution in [-0.2, 0) is 0 Å². The molecule has 3 atom stereocenters. The number of hydrogen-bond acceptors (Lipinski definition) is 5. The number of aliphatic hydroxyl groups excluding tert-OH is 1. The van der Waals surface area contributed by atoms with Crippen LogP contribution in [0.2, 0.25) is 0 Å². The Morgan fingerprint density at radius 3 is 2.72 bits per heavy atom. The van der Waals surface area contributed by atoms with Gasteiger partial charge in [0, 0.05) is 23.5 Å². The van der Waals surface area contributed by atoms with Gasteiger partial charge in [0.1, 0.15) is 0 Å². The van der Waals surface area contributed by atoms with Gasteiger partial charge in [-0.2, -0.15) is 0 Å². The number of anilines is 1. The van der Waals surface area contributed by atoms with Crippen molar-refractivity contribution in [3.8, 4) is 0 Å². The van der Waals surface area contributed by atoms with E-state index in [9.17, 15) is 15.2 Å². The molecule has 2 heterocycles. The molecule has 0 bridgehead atoms. The Labute approximate surface area is 110 Å². The third-order valence-corrected chi connectivity index (χ3v) is 4.70. The van der Waals surface area contributed by atoms with Gasteiger partial charge in [0.25, 0.3) is 0 Å². The van der Waals surface area contributed by atoms with Gasteiger partial charge in [-0.15, -0.1) is 11.3 Å². The Hall–Kier alpha value is -1.14. The number of nitro groups is 1. The number of thiophene rings is 1. The molecule has 1 saturated heterocycles. The molecular weight excluding hydrogens is 252 g/mol. The van der Waals surface area contributed by atoms with Crippen molar-refractivity contribution in [1.29, 1.82) is 0 Å². The van der Waals surface area contributed by atoms with Gasteiger partial charge in [-0.25, -0.2) is 0 Å². The lowest BCUT2D eigenvalue weighted by molar-refractivity contribution is -0.383. The smallest absolute Gasteiger partial charge is 0.304 e. The fourth-order valence-electron chi connectivity index (χ4n) is 2.52. The summed E-state index contributed by atoms with van der Waals surface area (Å²) in [6, 6.07) is 1.82. The number of rotatable bonds is 3. The largest absolute Gasteiger partial charge is 0.388 e. The van der Waals surface area contributed by atoms with Crippen LogP contribution in [0.25, 0.3) is 0 Å². The molecule has 5 nitrogen and oxygen atoms in total. The van der Waals surface area contributed by atoms with Gasteiger partial charge in [-0.1, -0.05) is 6.92 Å². The molecule has 6 heteroatoms. The van der Waals surface area contributed by atoms with Crippen LogP contribution >= 0.6 is 11.3 Å². The van der Waals surface area contributed by atoms with E-state index >= 15 is 0 Å². The number of hydrogen-bond donors (Lipinski definition) is 1. The standard InChI is InChI=1S/C12H18N2O3S/c1-7-4-8(2)13(6-7)12-10(14(16)17)5-11(18-12)9(3)15/h5,7-9,15H,4,6H2,1-3H3/t7?,8?,9-/m0/s1. The second kappa shape index (κ2) is 4.85. The average molecular weight is 270 g/mol. The molecule has 0 spiro atoms. The summed E-state index contributed by atoms with van der Waals surface area (Å²) < 4.78 is 0. The van der Waals surface area contributed by atoms with Crippen LogP contribution in [-0.4, -0.2) is 22.6 Å². The van der Waals surface area contributed by atoms with Crippen molar-refractivity contribution in [2.75, 3.05) is 11.4 Å². The van der Waals surface area contributed by atoms with Gasteiger partial charge in [0.15, 0.2) is 5.00 Å². The van der Waals surface area contributed by atoms with E-state index in [0.717, 1.165) is 13.0 Å². The predicted octanol–water partition coefficient (Wildman–Crippen LogP) is 2.94. The van der Waals surface area contributed by atoms with Gasteiger partial charge < -0.3 is 10.0 Å². The van der Waals surface area contributed by atoms with E-state index in [1.54, 1.807) is 6.92 Å². The molecule has 1 aliphatic rings. The van der Waals surface area contributed by atoms with Crippen LogP contribution in [0.5, 0.6) is 0 Å². The Bertz CT molecular complexity index is 458. The molecule has 100 valence electrons. The van der Waals surface area contributed by atoms with Gasteiger partial charge in [-0.3, -0.25) is 10.1 Å². The van der Waals surface area contributed by atoms with Crippen molar-refractivity contribution in [2.45, 2.75) is 39.3 Å². The molecule has 0 aromatic carbocycles. The summed E-state index contributed by atoms with van der Waals surface area (Å²) in [7, 11) is 0. The first-order valence-electron chi connectivity index (χ1n) is 6.13. The molecule has 1 N–H and O–H groups in total. The molecule has 0 aliphatic carbocycles. The van der Waals surface area contributed by atoms with Gasteiger partial charge >= 0.3 is 5.69 Å². The monoisotopic (exact) mass is 270 g/mol. The van der Waals surface area contributed by atoms with Crippen molar-refractivity contribution in [3.63, 3.8) is 0 Å². The number of aliphatic hydroxyl groups is 1. The molecule has 1 aromatic rings. The van der Waals surface area contributed by atoms with E-state index in [-0.39, 0.29) is 10.6 Å². The highest BCUT2D eigenvalue weighted by atomic mass is 32.1. The Morgan fingerprint density at radius 1 is 1.61 bits per heavy atom. The molecule has 2 rings (SSSR count). The third kappa shape index (κ3) is 2.35. The molecule has 0 amide bonds. The van der Waals surface area contributed by atoms with Crippen LogP contribution in [0.15, 0.2) is 6.07 Å². The lowest BCUT2D eigenvalue weighted by Gasteiger charge is -2.21. The highest BCUT2D eigenvalue weighted by Gasteiger charge is 2.33. The van der Waals surface area contributed by atoms with Crippen LogP contribution in [0.3, 0.4) is 0 Å². The molecule has 1 aromatic heterocycles. The quantitative estimate of drug-likeness (QED) is 0.677. The molecule has 1 fully saturated rings. The van der Waals surface area contributed by atoms with Gasteiger partial charge in [0.2, 0.25) is 0 Å². The van der Waals surface area contributed by atoms with Crippen molar-refractivity contribution < 1.29 is 10.0 Å². The summed E-state index contributed by atoms with van der Waals surface area (Å²) in [4.78, 5) is 13.5. The summed E-state index contributed by atoms with van der Waals surface area (Å²) >= 11 is 1.33. The highest BCUT2D eigenvalue weighted by Crippen LogP contribution is 2.43. The van der Waals surface area contributed by atoms with Crippen molar-refractivity contribution in [3.05, 3.63) is 21.1 Å². The van der Waals surface area contributed by atoms with E-state index in [2.05, 4.69) is 18.7 Å². The van der Waals surface area contributed by atoms with E-state index < -0.39 is 6.10 Å². The zero-order valence-electron chi connectivity index (χ0n) is 10.8. The summed E-state index contributed by atoms with van der Waals surface area (Å²) in [6.45, 7) is 6.73. The van der Waals surface area contributed by atoms with Crippen LogP contribution in [0, 0.1) is 16.0 Å². The summed E-state index contributed by atoms with van der Waals surface area (Å²) in [6.07, 6.45) is 0.400. The van der Waals surface area contributed by atoms with Crippen LogP contribution in [0.4, 0.5) is 10.7 Å². The summed E-state index contributed by atoms with van der Waals surface area (Å²) in [5.74, 6) is 0.553. The lowest BCUT2D eigenvalue weighted by atomic mass is 10.1. The Balaban J connectivity index is 2.39. The van der Waals surface area contributed by atoms with E-state index in [4.69, 9.17) is 0 Å². The second-order valence-corrected chi connectivity index (χ2v) is 6.18. The SMILES string of the molecule is CC1CC(C)N(c2sc([C@H](C)O)cc2[N+](=O)[O-])C1. The fraction of sp³-hybridized carbons (Fsp3) is 0.667. The molecule has 2 unspecified atom stereocenters. The van der Waals surface area contributed by atoms with E-state index in [0.29, 0.717) is 21.8 Å². The molecule has 0 radical (unpaired) electrons. The third-order valence-electron chi connectivity index (χ3n) is 3.37. The first-order chi connectivity index (χ1) is 8.40. The minimum absolute atomic E-state index is 0.122. The molecule has 0 saturated carbocycles. The minimum Gasteiger partial charge on any atom is -0.388 e. The van der Waals surface area contributed by atoms with E-state index in [1.165, 1.54) is 17.4 Å². The van der Waals surface area contributed by atoms with Crippen molar-refractivity contribution in [1.82, 2.24) is 0 Å². The maximum absolute atomic E-state index is 11.1. The van der Waals surface area contributed by atoms with Crippen LogP contribution < -0.4 is 4.90 Å². The average Bonchev–Trinajstić information content (AvgIpc) is 2.81. The fourth-order valence-corrected chi connectivity index (χ4v) is 3.69. The predicted molar refractivity (Wildman–Crippen MR) is 72.2 cm³/mol. The summed E-state index contributed by atoms with van der Waals surface area (Å²) in [5, 5.41) is 21.4. The summed E-state index contributed by atoms with van der Waals surface area (Å²) in [5.41, 5.74) is 0.122. The first kappa shape index (κ1) is 13.3. The minimum atomic E-state index is -0.655. The maximum Gasteiger partial charge on any atom is 0.304 e. The number of nitrogens with zero attached hydrogens (tertiary/aromatic N) is 2.